The van der Waals surface area contributed by atoms with Gasteiger partial charge in [-0.25, -0.2) is 9.78 Å². The molecule has 0 aliphatic heterocycles. The zero-order valence-corrected chi connectivity index (χ0v) is 20.8. The van der Waals surface area contributed by atoms with Gasteiger partial charge < -0.3 is 9.84 Å². The first-order valence-electron chi connectivity index (χ1n) is 10.4. The topological polar surface area (TPSA) is 115 Å². The second-order valence-corrected chi connectivity index (χ2v) is 11.1. The number of hydrogen-bond acceptors (Lipinski definition) is 8. The quantitative estimate of drug-likeness (QED) is 0.461. The minimum atomic E-state index is -4.06. The van der Waals surface area contributed by atoms with Gasteiger partial charge in [0.05, 0.1) is 22.8 Å². The molecule has 1 amide bonds. The third kappa shape index (κ3) is 8.39. The summed E-state index contributed by atoms with van der Waals surface area (Å²) < 4.78 is 35.2. The Labute approximate surface area is 195 Å². The molecular weight excluding hydrogens is 448 g/mol. The maximum atomic E-state index is 12.7. The molecule has 33 heavy (non-hydrogen) atoms. The van der Waals surface area contributed by atoms with Gasteiger partial charge >= 0.3 is 6.09 Å². The second kappa shape index (κ2) is 10.2. The summed E-state index contributed by atoms with van der Waals surface area (Å²) in [5.74, 6) is 0.0668. The Kier molecular flexibility index (Phi) is 8.23. The number of benzene rings is 1. The number of nitrogens with zero attached hydrogens (tertiary/aromatic N) is 2. The number of carbonyl (C=O) groups is 1. The first-order chi connectivity index (χ1) is 15.1. The van der Waals surface area contributed by atoms with E-state index in [1.165, 1.54) is 24.3 Å². The van der Waals surface area contributed by atoms with Crippen LogP contribution in [0.4, 0.5) is 10.6 Å². The van der Waals surface area contributed by atoms with E-state index in [9.17, 15) is 18.3 Å². The summed E-state index contributed by atoms with van der Waals surface area (Å²) in [5.41, 5.74) is -0.524. The van der Waals surface area contributed by atoms with Crippen LogP contribution in [0.2, 0.25) is 0 Å². The summed E-state index contributed by atoms with van der Waals surface area (Å²) in [4.78, 5) is 22.7. The van der Waals surface area contributed by atoms with Crippen LogP contribution in [-0.4, -0.2) is 42.4 Å². The maximum absolute atomic E-state index is 12.7. The smallest absolute Gasteiger partial charge is 0.440 e. The zero-order valence-electron chi connectivity index (χ0n) is 20.0. The molecule has 1 aromatic carbocycles. The molecule has 1 N–H and O–H groups in total. The van der Waals surface area contributed by atoms with Crippen molar-refractivity contribution < 1.29 is 32.1 Å². The van der Waals surface area contributed by atoms with E-state index in [2.05, 4.69) is 4.98 Å². The number of aliphatic hydroxyl groups is 1. The lowest BCUT2D eigenvalue weighted by molar-refractivity contribution is -0.0365. The number of aromatic nitrogens is 1. The number of rotatable bonds is 7. The van der Waals surface area contributed by atoms with Crippen LogP contribution in [0, 0.1) is 6.92 Å². The van der Waals surface area contributed by atoms with E-state index in [0.29, 0.717) is 0 Å². The molecule has 1 atom stereocenters. The van der Waals surface area contributed by atoms with Crippen molar-refractivity contribution in [2.24, 2.45) is 0 Å². The van der Waals surface area contributed by atoms with Crippen molar-refractivity contribution >= 4 is 22.0 Å². The zero-order chi connectivity index (χ0) is 25.0. The summed E-state index contributed by atoms with van der Waals surface area (Å²) in [7, 11) is -4.06. The van der Waals surface area contributed by atoms with Gasteiger partial charge in [0.25, 0.3) is 10.1 Å². The Morgan fingerprint density at radius 2 is 1.64 bits per heavy atom. The van der Waals surface area contributed by atoms with E-state index >= 15 is 0 Å². The number of anilines is 1. The first-order valence-corrected chi connectivity index (χ1v) is 11.8. The number of aryl methyl sites for hydroxylation is 1. The number of pyridine rings is 1. The van der Waals surface area contributed by atoms with Crippen LogP contribution in [0.15, 0.2) is 47.4 Å². The molecule has 0 aliphatic carbocycles. The lowest BCUT2D eigenvalue weighted by Gasteiger charge is -2.31. The van der Waals surface area contributed by atoms with Crippen LogP contribution in [0.3, 0.4) is 0 Å². The number of carbonyl (C=O) groups excluding carboxylic acids is 1. The van der Waals surface area contributed by atoms with Gasteiger partial charge in [0, 0.05) is 0 Å². The average molecular weight is 481 g/mol. The number of ether oxygens (including phenoxy) is 1. The van der Waals surface area contributed by atoms with Gasteiger partial charge in [-0.3, -0.25) is 9.02 Å². The Morgan fingerprint density at radius 3 is 2.18 bits per heavy atom. The summed E-state index contributed by atoms with van der Waals surface area (Å²) in [6.45, 7) is 11.7. The van der Waals surface area contributed by atoms with Crippen molar-refractivity contribution in [1.82, 2.24) is 4.98 Å². The van der Waals surface area contributed by atoms with Crippen molar-refractivity contribution in [3.8, 4) is 0 Å². The molecule has 0 saturated carbocycles. The molecule has 10 heteroatoms. The van der Waals surface area contributed by atoms with Crippen LogP contribution >= 0.6 is 0 Å². The van der Waals surface area contributed by atoms with E-state index in [4.69, 9.17) is 13.8 Å². The minimum Gasteiger partial charge on any atom is -0.442 e. The molecule has 1 unspecified atom stereocenters. The van der Waals surface area contributed by atoms with Crippen LogP contribution in [0.25, 0.3) is 0 Å². The second-order valence-electron chi connectivity index (χ2n) is 9.47. The van der Waals surface area contributed by atoms with E-state index in [0.717, 1.165) is 10.6 Å². The van der Waals surface area contributed by atoms with E-state index < -0.39 is 40.1 Å². The Bertz CT molecular complexity index is 1060. The highest BCUT2D eigenvalue weighted by Gasteiger charge is 2.30. The average Bonchev–Trinajstić information content (AvgIpc) is 2.69. The summed E-state index contributed by atoms with van der Waals surface area (Å²) in [6.07, 6.45) is -2.16. The number of aliphatic hydroxyl groups excluding tert-OH is 1. The van der Waals surface area contributed by atoms with Gasteiger partial charge in [-0.05, 0) is 72.7 Å². The van der Waals surface area contributed by atoms with Gasteiger partial charge in [-0.2, -0.15) is 8.42 Å². The molecule has 0 bridgehead atoms. The van der Waals surface area contributed by atoms with Gasteiger partial charge in [0.1, 0.15) is 11.7 Å². The van der Waals surface area contributed by atoms with Gasteiger partial charge in [-0.15, -0.1) is 5.06 Å². The van der Waals surface area contributed by atoms with Crippen molar-refractivity contribution in [1.29, 1.82) is 0 Å². The van der Waals surface area contributed by atoms with Gasteiger partial charge in [-0.1, -0.05) is 23.8 Å². The molecule has 0 aliphatic rings. The van der Waals surface area contributed by atoms with Crippen molar-refractivity contribution in [2.45, 2.75) is 70.7 Å². The van der Waals surface area contributed by atoms with E-state index in [-0.39, 0.29) is 16.4 Å². The Hall–Kier alpha value is -2.53. The minimum absolute atomic E-state index is 0.0170. The number of hydroxylamine groups is 1. The standard InChI is InChI=1S/C23H32N2O7S/c1-16-11-13-17(14-12-16)33(28,29)30-15-19(26)18-9-8-10-20(24-18)25(32-23(5,6)7)21(27)31-22(2,3)4/h8-14,19,26H,15H2,1-7H3. The van der Waals surface area contributed by atoms with Crippen LogP contribution in [-0.2, 0) is 23.9 Å². The van der Waals surface area contributed by atoms with Gasteiger partial charge in [0.2, 0.25) is 0 Å². The number of amides is 1. The molecule has 2 rings (SSSR count). The fourth-order valence-electron chi connectivity index (χ4n) is 2.51. The predicted molar refractivity (Wildman–Crippen MR) is 123 cm³/mol. The third-order valence-corrected chi connectivity index (χ3v) is 5.22. The normalized spacial score (nSPS) is 13.5. The summed E-state index contributed by atoms with van der Waals surface area (Å²) >= 11 is 0. The summed E-state index contributed by atoms with van der Waals surface area (Å²) in [6, 6.07) is 10.7. The Morgan fingerprint density at radius 1 is 1.03 bits per heavy atom. The summed E-state index contributed by atoms with van der Waals surface area (Å²) in [5, 5.41) is 11.4. The molecule has 0 fully saturated rings. The molecule has 2 aromatic rings. The number of hydrogen-bond donors (Lipinski definition) is 1. The van der Waals surface area contributed by atoms with E-state index in [1.54, 1.807) is 59.7 Å². The lowest BCUT2D eigenvalue weighted by atomic mass is 10.2. The first kappa shape index (κ1) is 26.7. The van der Waals surface area contributed by atoms with E-state index in [1.807, 2.05) is 6.92 Å². The molecule has 0 spiro atoms. The maximum Gasteiger partial charge on any atom is 0.440 e. The molecule has 9 nitrogen and oxygen atoms in total. The highest BCUT2D eigenvalue weighted by atomic mass is 32.2. The third-order valence-electron chi connectivity index (χ3n) is 3.92. The molecule has 0 saturated heterocycles. The molecule has 182 valence electrons. The monoisotopic (exact) mass is 480 g/mol. The largest absolute Gasteiger partial charge is 0.442 e. The molecular formula is C23H32N2O7S. The Balaban J connectivity index is 2.22. The lowest BCUT2D eigenvalue weighted by Crippen LogP contribution is -2.42. The van der Waals surface area contributed by atoms with Gasteiger partial charge in [0.15, 0.2) is 5.82 Å². The SMILES string of the molecule is Cc1ccc(S(=O)(=O)OCC(O)c2cccc(N(OC(C)(C)C)C(=O)OC(C)(C)C)n2)cc1. The van der Waals surface area contributed by atoms with Crippen LogP contribution in [0.5, 0.6) is 0 Å². The van der Waals surface area contributed by atoms with Crippen molar-refractivity contribution in [3.05, 3.63) is 53.7 Å². The fourth-order valence-corrected chi connectivity index (χ4v) is 3.42. The van der Waals surface area contributed by atoms with Crippen LogP contribution < -0.4 is 5.06 Å². The molecule has 1 aromatic heterocycles. The molecule has 0 radical (unpaired) electrons. The highest BCUT2D eigenvalue weighted by Crippen LogP contribution is 2.24. The van der Waals surface area contributed by atoms with Crippen LogP contribution in [0.1, 0.15) is 58.9 Å². The molecule has 1 heterocycles. The van der Waals surface area contributed by atoms with Crippen molar-refractivity contribution in [3.63, 3.8) is 0 Å². The van der Waals surface area contributed by atoms with Crippen molar-refractivity contribution in [2.75, 3.05) is 11.7 Å². The fraction of sp³-hybridized carbons (Fsp3) is 0.478. The highest BCUT2D eigenvalue weighted by molar-refractivity contribution is 7.86. The predicted octanol–water partition coefficient (Wildman–Crippen LogP) is 4.30.